The van der Waals surface area contributed by atoms with E-state index in [0.717, 1.165) is 39.3 Å². The highest BCUT2D eigenvalue weighted by Crippen LogP contribution is 2.02. The van der Waals surface area contributed by atoms with Crippen LogP contribution in [0.5, 0.6) is 0 Å². The number of hydrogen-bond acceptors (Lipinski definition) is 3. The lowest BCUT2D eigenvalue weighted by Crippen LogP contribution is -2.32. The fourth-order valence-corrected chi connectivity index (χ4v) is 2.36. The van der Waals surface area contributed by atoms with Crippen LogP contribution in [0.2, 0.25) is 0 Å². The van der Waals surface area contributed by atoms with Crippen LogP contribution in [0.1, 0.15) is 22.3 Å². The average Bonchev–Trinajstić information content (AvgIpc) is 2.56. The zero-order chi connectivity index (χ0) is 16.3. The second-order valence-corrected chi connectivity index (χ2v) is 6.07. The predicted molar refractivity (Wildman–Crippen MR) is 98.6 cm³/mol. The van der Waals surface area contributed by atoms with Crippen LogP contribution in [0.15, 0.2) is 48.5 Å². The Hall–Kier alpha value is -1.68. The highest BCUT2D eigenvalue weighted by molar-refractivity contribution is 5.21. The van der Waals surface area contributed by atoms with Crippen molar-refractivity contribution in [2.75, 3.05) is 26.2 Å². The van der Waals surface area contributed by atoms with E-state index < -0.39 is 0 Å². The van der Waals surface area contributed by atoms with Gasteiger partial charge < -0.3 is 16.0 Å². The van der Waals surface area contributed by atoms with Gasteiger partial charge in [0, 0.05) is 39.3 Å². The van der Waals surface area contributed by atoms with Crippen molar-refractivity contribution in [1.29, 1.82) is 0 Å². The van der Waals surface area contributed by atoms with E-state index >= 15 is 0 Å². The van der Waals surface area contributed by atoms with E-state index in [-0.39, 0.29) is 0 Å². The van der Waals surface area contributed by atoms with Crippen LogP contribution in [-0.4, -0.2) is 26.2 Å². The summed E-state index contributed by atoms with van der Waals surface area (Å²) in [6.07, 6.45) is 0. The van der Waals surface area contributed by atoms with Gasteiger partial charge in [0.25, 0.3) is 0 Å². The molecule has 0 saturated heterocycles. The van der Waals surface area contributed by atoms with Gasteiger partial charge in [-0.3, -0.25) is 0 Å². The van der Waals surface area contributed by atoms with Crippen LogP contribution in [0.4, 0.5) is 0 Å². The minimum atomic E-state index is 0.938. The van der Waals surface area contributed by atoms with Gasteiger partial charge in [0.15, 0.2) is 0 Å². The van der Waals surface area contributed by atoms with Crippen LogP contribution in [0.25, 0.3) is 0 Å². The van der Waals surface area contributed by atoms with Crippen LogP contribution >= 0.6 is 0 Å². The Balaban J connectivity index is 1.43. The fourth-order valence-electron chi connectivity index (χ4n) is 2.36. The summed E-state index contributed by atoms with van der Waals surface area (Å²) in [6.45, 7) is 10.1. The van der Waals surface area contributed by atoms with E-state index in [1.807, 2.05) is 0 Å². The molecule has 2 aromatic rings. The van der Waals surface area contributed by atoms with Gasteiger partial charge in [0.05, 0.1) is 0 Å². The molecule has 0 aliphatic carbocycles. The number of hydrogen-bond donors (Lipinski definition) is 3. The third-order valence-corrected chi connectivity index (χ3v) is 3.86. The van der Waals surface area contributed by atoms with Gasteiger partial charge in [-0.05, 0) is 25.0 Å². The molecule has 0 saturated carbocycles. The van der Waals surface area contributed by atoms with Crippen molar-refractivity contribution in [3.63, 3.8) is 0 Å². The van der Waals surface area contributed by atoms with Crippen molar-refractivity contribution in [3.8, 4) is 0 Å². The molecule has 0 amide bonds. The van der Waals surface area contributed by atoms with Gasteiger partial charge >= 0.3 is 0 Å². The summed E-state index contributed by atoms with van der Waals surface area (Å²) in [5.74, 6) is 0. The van der Waals surface area contributed by atoms with Gasteiger partial charge in [0.2, 0.25) is 0 Å². The third kappa shape index (κ3) is 7.42. The van der Waals surface area contributed by atoms with Crippen molar-refractivity contribution >= 4 is 0 Å². The molecule has 0 unspecified atom stereocenters. The molecule has 0 aliphatic rings. The maximum Gasteiger partial charge on any atom is 0.0206 e. The summed E-state index contributed by atoms with van der Waals surface area (Å²) in [5, 5.41) is 10.4. The topological polar surface area (TPSA) is 36.1 Å². The van der Waals surface area contributed by atoms with Crippen molar-refractivity contribution in [2.45, 2.75) is 26.9 Å². The van der Waals surface area contributed by atoms with Gasteiger partial charge in [-0.2, -0.15) is 0 Å². The molecule has 124 valence electrons. The Labute approximate surface area is 140 Å². The molecule has 0 bridgehead atoms. The van der Waals surface area contributed by atoms with Gasteiger partial charge in [-0.25, -0.2) is 0 Å². The van der Waals surface area contributed by atoms with Crippen molar-refractivity contribution < 1.29 is 0 Å². The summed E-state index contributed by atoms with van der Waals surface area (Å²) in [7, 11) is 0. The summed E-state index contributed by atoms with van der Waals surface area (Å²) >= 11 is 0. The first kappa shape index (κ1) is 17.7. The molecule has 2 aromatic carbocycles. The van der Waals surface area contributed by atoms with Crippen molar-refractivity contribution in [1.82, 2.24) is 16.0 Å². The van der Waals surface area contributed by atoms with Crippen LogP contribution in [0, 0.1) is 13.8 Å². The molecule has 3 nitrogen and oxygen atoms in total. The maximum absolute atomic E-state index is 3.46. The molecule has 0 radical (unpaired) electrons. The van der Waals surface area contributed by atoms with Gasteiger partial charge in [0.1, 0.15) is 0 Å². The zero-order valence-corrected chi connectivity index (χ0v) is 14.4. The average molecular weight is 311 g/mol. The minimum absolute atomic E-state index is 0.938. The normalized spacial score (nSPS) is 10.9. The maximum atomic E-state index is 3.46. The van der Waals surface area contributed by atoms with Crippen molar-refractivity contribution in [3.05, 3.63) is 70.8 Å². The summed E-state index contributed by atoms with van der Waals surface area (Å²) in [4.78, 5) is 0. The van der Waals surface area contributed by atoms with E-state index in [9.17, 15) is 0 Å². The van der Waals surface area contributed by atoms with Crippen molar-refractivity contribution in [2.24, 2.45) is 0 Å². The summed E-state index contributed by atoms with van der Waals surface area (Å²) < 4.78 is 0. The first-order chi connectivity index (χ1) is 11.2. The second kappa shape index (κ2) is 10.2. The number of benzene rings is 2. The molecule has 3 heteroatoms. The molecule has 0 spiro atoms. The molecular formula is C20H29N3. The quantitative estimate of drug-likeness (QED) is 0.591. The van der Waals surface area contributed by atoms with Crippen LogP contribution in [-0.2, 0) is 13.1 Å². The first-order valence-electron chi connectivity index (χ1n) is 8.47. The summed E-state index contributed by atoms with van der Waals surface area (Å²) in [5.41, 5.74) is 5.31. The molecule has 0 atom stereocenters. The molecule has 0 heterocycles. The van der Waals surface area contributed by atoms with Crippen LogP contribution in [0.3, 0.4) is 0 Å². The Morgan fingerprint density at radius 1 is 0.522 bits per heavy atom. The second-order valence-electron chi connectivity index (χ2n) is 6.07. The molecule has 23 heavy (non-hydrogen) atoms. The molecule has 2 rings (SSSR count). The Morgan fingerprint density at radius 2 is 0.870 bits per heavy atom. The van der Waals surface area contributed by atoms with E-state index in [2.05, 4.69) is 78.3 Å². The Morgan fingerprint density at radius 3 is 1.26 bits per heavy atom. The SMILES string of the molecule is Cc1ccc(CNCCNCCNCc2ccc(C)cc2)cc1. The molecule has 0 aromatic heterocycles. The largest absolute Gasteiger partial charge is 0.314 e. The minimum Gasteiger partial charge on any atom is -0.314 e. The zero-order valence-electron chi connectivity index (χ0n) is 14.4. The first-order valence-corrected chi connectivity index (χ1v) is 8.47. The lowest BCUT2D eigenvalue weighted by Gasteiger charge is -2.08. The lowest BCUT2D eigenvalue weighted by atomic mass is 10.1. The Bertz CT molecular complexity index is 495. The van der Waals surface area contributed by atoms with E-state index in [1.165, 1.54) is 22.3 Å². The summed E-state index contributed by atoms with van der Waals surface area (Å²) in [6, 6.07) is 17.4. The number of nitrogens with one attached hydrogen (secondary N) is 3. The van der Waals surface area contributed by atoms with E-state index in [1.54, 1.807) is 0 Å². The molecular weight excluding hydrogens is 282 g/mol. The van der Waals surface area contributed by atoms with Gasteiger partial charge in [-0.15, -0.1) is 0 Å². The van der Waals surface area contributed by atoms with Crippen LogP contribution < -0.4 is 16.0 Å². The monoisotopic (exact) mass is 311 g/mol. The lowest BCUT2D eigenvalue weighted by molar-refractivity contribution is 0.581. The predicted octanol–water partition coefficient (Wildman–Crippen LogP) is 2.77. The molecule has 0 fully saturated rings. The number of rotatable bonds is 10. The highest BCUT2D eigenvalue weighted by atomic mass is 15.0. The number of aryl methyl sites for hydroxylation is 2. The molecule has 3 N–H and O–H groups in total. The highest BCUT2D eigenvalue weighted by Gasteiger charge is 1.94. The Kier molecular flexibility index (Phi) is 7.81. The third-order valence-electron chi connectivity index (χ3n) is 3.86. The van der Waals surface area contributed by atoms with Gasteiger partial charge in [-0.1, -0.05) is 59.7 Å². The smallest absolute Gasteiger partial charge is 0.0206 e. The van der Waals surface area contributed by atoms with E-state index in [0.29, 0.717) is 0 Å². The molecule has 0 aliphatic heterocycles. The fraction of sp³-hybridized carbons (Fsp3) is 0.400. The van der Waals surface area contributed by atoms with E-state index in [4.69, 9.17) is 0 Å². The standard InChI is InChI=1S/C20H29N3/c1-17-3-7-19(8-4-17)15-22-13-11-21-12-14-23-16-20-9-5-18(2)6-10-20/h3-10,21-23H,11-16H2,1-2H3.